The number of aryl methyl sites for hydroxylation is 1. The van der Waals surface area contributed by atoms with E-state index in [0.717, 1.165) is 31.2 Å². The van der Waals surface area contributed by atoms with Crippen molar-refractivity contribution >= 4 is 33.4 Å². The Balaban J connectivity index is 1.58. The van der Waals surface area contributed by atoms with Gasteiger partial charge in [0.2, 0.25) is 5.91 Å². The fraction of sp³-hybridized carbons (Fsp3) is 0.682. The lowest BCUT2D eigenvalue weighted by Crippen LogP contribution is -2.57. The Bertz CT molecular complexity index is 913. The number of benzene rings is 1. The lowest BCUT2D eigenvalue weighted by atomic mass is 9.96. The molecule has 3 rings (SSSR count). The van der Waals surface area contributed by atoms with Crippen LogP contribution in [0.15, 0.2) is 12.1 Å². The van der Waals surface area contributed by atoms with Crippen molar-refractivity contribution in [2.45, 2.75) is 58.0 Å². The highest BCUT2D eigenvalue weighted by Gasteiger charge is 2.36. The maximum absolute atomic E-state index is 13.1. The van der Waals surface area contributed by atoms with Gasteiger partial charge < -0.3 is 10.1 Å². The van der Waals surface area contributed by atoms with Crippen molar-refractivity contribution in [2.24, 2.45) is 0 Å². The van der Waals surface area contributed by atoms with Gasteiger partial charge in [-0.25, -0.2) is 0 Å². The number of methoxy groups -OCH3 is 1. The molecule has 0 radical (unpaired) electrons. The summed E-state index contributed by atoms with van der Waals surface area (Å²) in [6.45, 7) is 5.46. The van der Waals surface area contributed by atoms with Crippen molar-refractivity contribution in [2.75, 3.05) is 45.7 Å². The predicted molar refractivity (Wildman–Crippen MR) is 128 cm³/mol. The maximum atomic E-state index is 13.1. The van der Waals surface area contributed by atoms with Crippen LogP contribution in [0.1, 0.15) is 44.6 Å². The highest BCUT2D eigenvalue weighted by atomic mass is 35.5. The molecule has 2 aliphatic rings. The second kappa shape index (κ2) is 10.7. The molecular formula is C22H35ClN4O4S. The second-order valence-corrected chi connectivity index (χ2v) is 11.1. The van der Waals surface area contributed by atoms with E-state index < -0.39 is 16.3 Å². The molecular weight excluding hydrogens is 452 g/mol. The largest absolute Gasteiger partial charge is 0.495 e. The summed E-state index contributed by atoms with van der Waals surface area (Å²) in [7, 11) is -0.252. The van der Waals surface area contributed by atoms with Crippen LogP contribution in [0.25, 0.3) is 0 Å². The standard InChI is InChI=1S/C22H35ClN4O4S/c1-16-14-20(21(31-4)15-19(16)23)24-22(28)17(2)26-10-12-27(13-11-26)32(29,30)25(3)18-8-6-5-7-9-18/h14-15,17-18H,5-13H2,1-4H3,(H,24,28). The van der Waals surface area contributed by atoms with Gasteiger partial charge in [-0.3, -0.25) is 9.69 Å². The Labute approximate surface area is 197 Å². The number of piperazine rings is 1. The number of ether oxygens (including phenoxy) is 1. The Morgan fingerprint density at radius 1 is 1.19 bits per heavy atom. The van der Waals surface area contributed by atoms with Crippen LogP contribution >= 0.6 is 11.6 Å². The van der Waals surface area contributed by atoms with Crippen molar-refractivity contribution in [3.63, 3.8) is 0 Å². The summed E-state index contributed by atoms with van der Waals surface area (Å²) < 4.78 is 34.6. The molecule has 0 bridgehead atoms. The van der Waals surface area contributed by atoms with E-state index in [0.29, 0.717) is 42.6 Å². The minimum Gasteiger partial charge on any atom is -0.495 e. The van der Waals surface area contributed by atoms with Gasteiger partial charge in [0, 0.05) is 50.4 Å². The first-order valence-corrected chi connectivity index (χ1v) is 13.0. The van der Waals surface area contributed by atoms with E-state index in [1.807, 2.05) is 18.7 Å². The van der Waals surface area contributed by atoms with E-state index >= 15 is 0 Å². The van der Waals surface area contributed by atoms with Gasteiger partial charge in [-0.2, -0.15) is 17.0 Å². The molecule has 32 heavy (non-hydrogen) atoms. The second-order valence-electron chi connectivity index (χ2n) is 8.72. The molecule has 1 N–H and O–H groups in total. The zero-order valence-electron chi connectivity index (χ0n) is 19.4. The van der Waals surface area contributed by atoms with E-state index in [1.54, 1.807) is 27.8 Å². The normalized spacial score (nSPS) is 20.3. The van der Waals surface area contributed by atoms with Gasteiger partial charge in [0.1, 0.15) is 5.75 Å². The van der Waals surface area contributed by atoms with Gasteiger partial charge in [0.15, 0.2) is 0 Å². The molecule has 1 aliphatic heterocycles. The number of nitrogens with one attached hydrogen (secondary N) is 1. The minimum absolute atomic E-state index is 0.0919. The number of hydrogen-bond acceptors (Lipinski definition) is 5. The van der Waals surface area contributed by atoms with Gasteiger partial charge in [-0.15, -0.1) is 0 Å². The molecule has 0 spiro atoms. The molecule has 10 heteroatoms. The van der Waals surface area contributed by atoms with E-state index in [-0.39, 0.29) is 11.9 Å². The van der Waals surface area contributed by atoms with Crippen LogP contribution in [0.4, 0.5) is 5.69 Å². The highest BCUT2D eigenvalue weighted by molar-refractivity contribution is 7.86. The van der Waals surface area contributed by atoms with Crippen molar-refractivity contribution in [3.05, 3.63) is 22.7 Å². The number of hydrogen-bond donors (Lipinski definition) is 1. The summed E-state index contributed by atoms with van der Waals surface area (Å²) in [5.41, 5.74) is 1.41. The zero-order valence-corrected chi connectivity index (χ0v) is 21.0. The Morgan fingerprint density at radius 3 is 2.41 bits per heavy atom. The van der Waals surface area contributed by atoms with Gasteiger partial charge in [0.05, 0.1) is 18.8 Å². The van der Waals surface area contributed by atoms with Crippen LogP contribution in [0, 0.1) is 6.92 Å². The fourth-order valence-corrected chi connectivity index (χ4v) is 6.20. The SMILES string of the molecule is COc1cc(Cl)c(C)cc1NC(=O)C(C)N1CCN(S(=O)(=O)N(C)C2CCCCC2)CC1. The number of carbonyl (C=O) groups excluding carboxylic acids is 1. The number of rotatable bonds is 7. The van der Waals surface area contributed by atoms with Crippen molar-refractivity contribution in [1.29, 1.82) is 0 Å². The van der Waals surface area contributed by atoms with E-state index in [2.05, 4.69) is 5.32 Å². The summed E-state index contributed by atoms with van der Waals surface area (Å²) in [4.78, 5) is 14.9. The first-order chi connectivity index (χ1) is 15.1. The van der Waals surface area contributed by atoms with Crippen LogP contribution in [-0.2, 0) is 15.0 Å². The molecule has 1 amide bonds. The maximum Gasteiger partial charge on any atom is 0.282 e. The summed E-state index contributed by atoms with van der Waals surface area (Å²) >= 11 is 6.15. The zero-order chi connectivity index (χ0) is 23.5. The molecule has 1 aliphatic carbocycles. The van der Waals surface area contributed by atoms with Crippen molar-refractivity contribution in [1.82, 2.24) is 13.5 Å². The quantitative estimate of drug-likeness (QED) is 0.640. The summed E-state index contributed by atoms with van der Waals surface area (Å²) in [5, 5.41) is 3.50. The molecule has 1 aromatic rings. The summed E-state index contributed by atoms with van der Waals surface area (Å²) in [6.07, 6.45) is 5.22. The van der Waals surface area contributed by atoms with Crippen molar-refractivity contribution < 1.29 is 17.9 Å². The molecule has 0 aromatic heterocycles. The highest BCUT2D eigenvalue weighted by Crippen LogP contribution is 2.31. The number of nitrogens with zero attached hydrogens (tertiary/aromatic N) is 3. The third kappa shape index (κ3) is 5.56. The molecule has 2 fully saturated rings. The monoisotopic (exact) mass is 486 g/mol. The molecule has 1 atom stereocenters. The fourth-order valence-electron chi connectivity index (χ4n) is 4.47. The topological polar surface area (TPSA) is 82.2 Å². The number of amides is 1. The van der Waals surface area contributed by atoms with E-state index in [9.17, 15) is 13.2 Å². The minimum atomic E-state index is -3.49. The number of halogens is 1. The predicted octanol–water partition coefficient (Wildman–Crippen LogP) is 3.11. The summed E-state index contributed by atoms with van der Waals surface area (Å²) in [6, 6.07) is 3.16. The molecule has 1 saturated heterocycles. The van der Waals surface area contributed by atoms with Gasteiger partial charge in [-0.05, 0) is 38.3 Å². The third-order valence-electron chi connectivity index (χ3n) is 6.72. The average Bonchev–Trinajstić information content (AvgIpc) is 2.80. The molecule has 1 aromatic carbocycles. The lowest BCUT2D eigenvalue weighted by Gasteiger charge is -2.40. The van der Waals surface area contributed by atoms with Crippen molar-refractivity contribution in [3.8, 4) is 5.75 Å². The van der Waals surface area contributed by atoms with Gasteiger partial charge in [0.25, 0.3) is 10.2 Å². The molecule has 1 unspecified atom stereocenters. The van der Waals surface area contributed by atoms with Crippen LogP contribution in [0.2, 0.25) is 5.02 Å². The number of anilines is 1. The smallest absolute Gasteiger partial charge is 0.282 e. The van der Waals surface area contributed by atoms with Crippen LogP contribution < -0.4 is 10.1 Å². The number of carbonyl (C=O) groups is 1. The first-order valence-electron chi connectivity index (χ1n) is 11.3. The van der Waals surface area contributed by atoms with E-state index in [1.165, 1.54) is 13.5 Å². The third-order valence-corrected chi connectivity index (χ3v) is 9.17. The molecule has 180 valence electrons. The van der Waals surface area contributed by atoms with E-state index in [4.69, 9.17) is 16.3 Å². The van der Waals surface area contributed by atoms with Gasteiger partial charge >= 0.3 is 0 Å². The molecule has 8 nitrogen and oxygen atoms in total. The Kier molecular flexibility index (Phi) is 8.43. The molecule has 1 heterocycles. The molecule has 1 saturated carbocycles. The average molecular weight is 487 g/mol. The van der Waals surface area contributed by atoms with Crippen LogP contribution in [0.5, 0.6) is 5.75 Å². The van der Waals surface area contributed by atoms with Crippen LogP contribution in [0.3, 0.4) is 0 Å². The first kappa shape index (κ1) is 25.2. The van der Waals surface area contributed by atoms with Crippen LogP contribution in [-0.4, -0.2) is 80.3 Å². The lowest BCUT2D eigenvalue weighted by molar-refractivity contribution is -0.121. The Hall–Kier alpha value is -1.39. The Morgan fingerprint density at radius 2 is 1.81 bits per heavy atom. The van der Waals surface area contributed by atoms with Gasteiger partial charge in [-0.1, -0.05) is 30.9 Å². The summed E-state index contributed by atoms with van der Waals surface area (Å²) in [5.74, 6) is 0.337.